The third-order valence-corrected chi connectivity index (χ3v) is 5.65. The number of ketones is 1. The molecule has 0 radical (unpaired) electrons. The number of hydrogen-bond donors (Lipinski definition) is 2. The predicted molar refractivity (Wildman–Crippen MR) is 107 cm³/mol. The molecule has 0 saturated carbocycles. The molecule has 2 rings (SSSR count). The molecule has 13 heteroatoms. The number of aromatic nitrogens is 2. The first-order chi connectivity index (χ1) is 14.3. The Morgan fingerprint density at radius 2 is 1.90 bits per heavy atom. The lowest BCUT2D eigenvalue weighted by Crippen LogP contribution is -2.45. The van der Waals surface area contributed by atoms with Crippen molar-refractivity contribution >= 4 is 26.7 Å². The van der Waals surface area contributed by atoms with Crippen LogP contribution in [-0.4, -0.2) is 36.7 Å². The number of rotatable bonds is 9. The van der Waals surface area contributed by atoms with E-state index >= 15 is 0 Å². The van der Waals surface area contributed by atoms with Gasteiger partial charge in [-0.2, -0.15) is 17.8 Å². The lowest BCUT2D eigenvalue weighted by atomic mass is 9.97. The summed E-state index contributed by atoms with van der Waals surface area (Å²) in [5.41, 5.74) is -4.33. The maximum Gasteiger partial charge on any atom is 0.416 e. The summed E-state index contributed by atoms with van der Waals surface area (Å²) in [5, 5.41) is -0.360. The number of benzene rings is 1. The molecule has 31 heavy (non-hydrogen) atoms. The van der Waals surface area contributed by atoms with Gasteiger partial charge in [0.1, 0.15) is 11.5 Å². The number of methoxy groups -OCH3 is 1. The molecule has 0 aliphatic rings. The van der Waals surface area contributed by atoms with E-state index in [1.54, 1.807) is 18.7 Å². The minimum Gasteiger partial charge on any atom is -0.377 e. The van der Waals surface area contributed by atoms with Crippen LogP contribution < -0.4 is 16.1 Å². The molecule has 0 aliphatic carbocycles. The number of hydrogen-bond acceptors (Lipinski definition) is 6. The van der Waals surface area contributed by atoms with Crippen LogP contribution >= 0.6 is 0 Å². The van der Waals surface area contributed by atoms with Gasteiger partial charge in [0.05, 0.1) is 22.6 Å². The number of aromatic amines is 1. The molecule has 1 aromatic heterocycles. The van der Waals surface area contributed by atoms with Gasteiger partial charge in [-0.05, 0) is 30.5 Å². The number of nitrogens with zero attached hydrogens (tertiary/aromatic N) is 1. The summed E-state index contributed by atoms with van der Waals surface area (Å²) in [4.78, 5) is 40.4. The monoisotopic (exact) mass is 465 g/mol. The van der Waals surface area contributed by atoms with Crippen molar-refractivity contribution in [3.63, 3.8) is 0 Å². The van der Waals surface area contributed by atoms with Crippen LogP contribution in [0.1, 0.15) is 50.3 Å². The number of Topliss-reactive ketones (excluding diaryl/α,β-unsaturated/α-hetero) is 1. The Bertz CT molecular complexity index is 1200. The van der Waals surface area contributed by atoms with E-state index < -0.39 is 56.2 Å². The lowest BCUT2D eigenvalue weighted by Gasteiger charge is -2.20. The molecule has 2 N–H and O–H groups in total. The molecule has 0 saturated heterocycles. The SMILES string of the molecule is CCCC(=O)CS(=O)(=O)Nn1c(=O)[nH]c2cc(C(F)(F)F)c(C(CC)OC)cc2c1=O. The van der Waals surface area contributed by atoms with E-state index in [0.717, 1.165) is 6.07 Å². The van der Waals surface area contributed by atoms with Crippen molar-refractivity contribution in [2.24, 2.45) is 0 Å². The fourth-order valence-corrected chi connectivity index (χ4v) is 4.20. The van der Waals surface area contributed by atoms with E-state index in [-0.39, 0.29) is 28.5 Å². The summed E-state index contributed by atoms with van der Waals surface area (Å²) in [5.74, 6) is -1.58. The molecule has 172 valence electrons. The molecular weight excluding hydrogens is 443 g/mol. The van der Waals surface area contributed by atoms with E-state index in [1.165, 1.54) is 7.11 Å². The Morgan fingerprint density at radius 1 is 1.26 bits per heavy atom. The van der Waals surface area contributed by atoms with E-state index in [4.69, 9.17) is 4.74 Å². The highest BCUT2D eigenvalue weighted by Gasteiger charge is 2.36. The first kappa shape index (κ1) is 24.6. The van der Waals surface area contributed by atoms with Crippen LogP contribution in [0.2, 0.25) is 0 Å². The fraction of sp³-hybridized carbons (Fsp3) is 0.500. The van der Waals surface area contributed by atoms with Crippen molar-refractivity contribution in [1.29, 1.82) is 0 Å². The molecule has 1 unspecified atom stereocenters. The van der Waals surface area contributed by atoms with Gasteiger partial charge in [-0.15, -0.1) is 0 Å². The topological polar surface area (TPSA) is 127 Å². The number of carbonyl (C=O) groups is 1. The van der Waals surface area contributed by atoms with Crippen molar-refractivity contribution in [3.8, 4) is 0 Å². The Hall–Kier alpha value is -2.67. The quantitative estimate of drug-likeness (QED) is 0.584. The average Bonchev–Trinajstić information content (AvgIpc) is 2.65. The molecule has 1 aromatic carbocycles. The van der Waals surface area contributed by atoms with Crippen molar-refractivity contribution in [2.45, 2.75) is 45.4 Å². The summed E-state index contributed by atoms with van der Waals surface area (Å²) in [6.07, 6.45) is -5.22. The zero-order valence-electron chi connectivity index (χ0n) is 17.0. The van der Waals surface area contributed by atoms with Gasteiger partial charge >= 0.3 is 11.9 Å². The number of fused-ring (bicyclic) bond motifs is 1. The number of carbonyl (C=O) groups excluding carboxylic acids is 1. The zero-order valence-corrected chi connectivity index (χ0v) is 17.8. The highest BCUT2D eigenvalue weighted by atomic mass is 32.2. The molecule has 1 heterocycles. The second-order valence-corrected chi connectivity index (χ2v) is 8.53. The molecule has 0 amide bonds. The molecule has 0 fully saturated rings. The van der Waals surface area contributed by atoms with Crippen molar-refractivity contribution in [3.05, 3.63) is 44.1 Å². The Labute approximate surface area is 175 Å². The Morgan fingerprint density at radius 3 is 2.42 bits per heavy atom. The van der Waals surface area contributed by atoms with Crippen LogP contribution in [0, 0.1) is 0 Å². The van der Waals surface area contributed by atoms with Gasteiger partial charge in [0.15, 0.2) is 0 Å². The maximum atomic E-state index is 13.5. The Kier molecular flexibility index (Phi) is 7.32. The van der Waals surface area contributed by atoms with Gasteiger partial charge in [0.25, 0.3) is 15.6 Å². The van der Waals surface area contributed by atoms with Gasteiger partial charge in [-0.1, -0.05) is 13.8 Å². The second kappa shape index (κ2) is 9.22. The normalized spacial score (nSPS) is 13.4. The average molecular weight is 465 g/mol. The summed E-state index contributed by atoms with van der Waals surface area (Å²) in [6.45, 7) is 3.26. The van der Waals surface area contributed by atoms with Gasteiger partial charge in [-0.3, -0.25) is 9.59 Å². The van der Waals surface area contributed by atoms with Crippen LogP contribution in [-0.2, 0) is 25.7 Å². The number of nitrogens with one attached hydrogen (secondary N) is 2. The molecular formula is C18H22F3N3O6S. The van der Waals surface area contributed by atoms with Crippen LogP contribution in [0.3, 0.4) is 0 Å². The minimum absolute atomic E-state index is 0.0110. The molecule has 0 spiro atoms. The van der Waals surface area contributed by atoms with E-state index in [2.05, 4.69) is 4.98 Å². The fourth-order valence-electron chi connectivity index (χ4n) is 3.12. The van der Waals surface area contributed by atoms with Crippen LogP contribution in [0.5, 0.6) is 0 Å². The maximum absolute atomic E-state index is 13.5. The van der Waals surface area contributed by atoms with Gasteiger partial charge in [-0.25, -0.2) is 18.0 Å². The molecule has 0 bridgehead atoms. The zero-order chi connectivity index (χ0) is 23.6. The van der Waals surface area contributed by atoms with Crippen LogP contribution in [0.15, 0.2) is 21.7 Å². The van der Waals surface area contributed by atoms with E-state index in [1.807, 2.05) is 0 Å². The van der Waals surface area contributed by atoms with Crippen LogP contribution in [0.25, 0.3) is 10.9 Å². The summed E-state index contributed by atoms with van der Waals surface area (Å²) < 4.78 is 70.2. The van der Waals surface area contributed by atoms with Gasteiger partial charge in [0, 0.05) is 13.5 Å². The summed E-state index contributed by atoms with van der Waals surface area (Å²) in [6, 6.07) is 1.53. The highest BCUT2D eigenvalue weighted by Crippen LogP contribution is 2.37. The molecule has 9 nitrogen and oxygen atoms in total. The molecule has 1 atom stereocenters. The number of alkyl halides is 3. The first-order valence-corrected chi connectivity index (χ1v) is 10.9. The van der Waals surface area contributed by atoms with Gasteiger partial charge in [0.2, 0.25) is 0 Å². The predicted octanol–water partition coefficient (Wildman–Crippen LogP) is 2.05. The third kappa shape index (κ3) is 5.53. The molecule has 2 aromatic rings. The van der Waals surface area contributed by atoms with Crippen molar-refractivity contribution < 1.29 is 31.1 Å². The number of halogens is 3. The third-order valence-electron chi connectivity index (χ3n) is 4.49. The summed E-state index contributed by atoms with van der Waals surface area (Å²) >= 11 is 0. The standard InChI is InChI=1S/C18H22F3N3O6S/c1-4-6-10(25)9-31(28,29)23-24-16(26)12-7-11(15(5-2)30-3)13(18(19,20)21)8-14(12)22-17(24)27/h7-8,15,23H,4-6,9H2,1-3H3,(H,22,27). The largest absolute Gasteiger partial charge is 0.416 e. The van der Waals surface area contributed by atoms with E-state index in [9.17, 15) is 36.0 Å². The summed E-state index contributed by atoms with van der Waals surface area (Å²) in [7, 11) is -3.18. The smallest absolute Gasteiger partial charge is 0.377 e. The highest BCUT2D eigenvalue weighted by molar-refractivity contribution is 7.93. The van der Waals surface area contributed by atoms with Crippen molar-refractivity contribution in [2.75, 3.05) is 17.7 Å². The number of sulfonamides is 1. The minimum atomic E-state index is -4.79. The first-order valence-electron chi connectivity index (χ1n) is 9.29. The second-order valence-electron chi connectivity index (χ2n) is 6.83. The number of ether oxygens (including phenoxy) is 1. The Balaban J connectivity index is 2.69. The lowest BCUT2D eigenvalue weighted by molar-refractivity contribution is -0.139. The van der Waals surface area contributed by atoms with Gasteiger partial charge < -0.3 is 9.72 Å². The molecule has 0 aliphatic heterocycles. The van der Waals surface area contributed by atoms with Crippen molar-refractivity contribution in [1.82, 2.24) is 9.66 Å². The number of H-pyrrole nitrogens is 1. The van der Waals surface area contributed by atoms with E-state index in [0.29, 0.717) is 12.5 Å². The van der Waals surface area contributed by atoms with Crippen LogP contribution in [0.4, 0.5) is 13.2 Å².